The quantitative estimate of drug-likeness (QED) is 0.668. The Morgan fingerprint density at radius 3 is 2.79 bits per heavy atom. The van der Waals surface area contributed by atoms with Crippen LogP contribution in [0.5, 0.6) is 0 Å². The summed E-state index contributed by atoms with van der Waals surface area (Å²) in [6.45, 7) is 1.63. The standard InChI is InChI=1S/C12H18N2O4S/c1-12(17,8-19-2)7-14-10(15)6-13-11(16)9-4-3-5-18-9/h3-5,17H,6-8H2,1-2H3,(H,13,16)(H,14,15). The zero-order valence-electron chi connectivity index (χ0n) is 10.9. The van der Waals surface area contributed by atoms with Crippen LogP contribution in [0.2, 0.25) is 0 Å². The maximum atomic E-state index is 11.5. The highest BCUT2D eigenvalue weighted by atomic mass is 32.2. The number of furan rings is 1. The van der Waals surface area contributed by atoms with Gasteiger partial charge in [-0.05, 0) is 25.3 Å². The summed E-state index contributed by atoms with van der Waals surface area (Å²) in [5, 5.41) is 14.8. The molecule has 0 aliphatic carbocycles. The Morgan fingerprint density at radius 1 is 1.47 bits per heavy atom. The minimum absolute atomic E-state index is 0.142. The van der Waals surface area contributed by atoms with Crippen molar-refractivity contribution in [2.45, 2.75) is 12.5 Å². The van der Waals surface area contributed by atoms with Crippen LogP contribution in [0.4, 0.5) is 0 Å². The third-order valence-corrected chi connectivity index (χ3v) is 3.19. The van der Waals surface area contributed by atoms with Crippen molar-refractivity contribution in [1.29, 1.82) is 0 Å². The van der Waals surface area contributed by atoms with Crippen molar-refractivity contribution in [2.75, 3.05) is 25.1 Å². The molecule has 1 atom stereocenters. The van der Waals surface area contributed by atoms with Crippen molar-refractivity contribution in [1.82, 2.24) is 10.6 Å². The molecule has 0 spiro atoms. The van der Waals surface area contributed by atoms with Crippen LogP contribution in [-0.2, 0) is 4.79 Å². The molecule has 106 valence electrons. The summed E-state index contributed by atoms with van der Waals surface area (Å²) in [6.07, 6.45) is 3.26. The van der Waals surface area contributed by atoms with Gasteiger partial charge >= 0.3 is 0 Å². The van der Waals surface area contributed by atoms with Crippen molar-refractivity contribution in [3.63, 3.8) is 0 Å². The number of carbonyl (C=O) groups is 2. The van der Waals surface area contributed by atoms with E-state index in [0.29, 0.717) is 5.75 Å². The van der Waals surface area contributed by atoms with E-state index in [0.717, 1.165) is 0 Å². The minimum Gasteiger partial charge on any atom is -0.459 e. The normalized spacial score (nSPS) is 13.6. The molecule has 1 aromatic rings. The Labute approximate surface area is 115 Å². The van der Waals surface area contributed by atoms with E-state index in [1.165, 1.54) is 24.1 Å². The highest BCUT2D eigenvalue weighted by Gasteiger charge is 2.20. The second-order valence-corrected chi connectivity index (χ2v) is 5.23. The maximum absolute atomic E-state index is 11.5. The first kappa shape index (κ1) is 15.6. The van der Waals surface area contributed by atoms with Crippen LogP contribution in [0.1, 0.15) is 17.5 Å². The van der Waals surface area contributed by atoms with E-state index in [4.69, 9.17) is 4.42 Å². The molecule has 0 aromatic carbocycles. The van der Waals surface area contributed by atoms with Crippen molar-refractivity contribution in [3.8, 4) is 0 Å². The number of thioether (sulfide) groups is 1. The van der Waals surface area contributed by atoms with Gasteiger partial charge in [0, 0.05) is 12.3 Å². The Hall–Kier alpha value is -1.47. The third kappa shape index (κ3) is 5.80. The van der Waals surface area contributed by atoms with Crippen LogP contribution in [0, 0.1) is 0 Å². The van der Waals surface area contributed by atoms with Gasteiger partial charge in [-0.2, -0.15) is 11.8 Å². The molecule has 1 rings (SSSR count). The molecule has 1 aromatic heterocycles. The summed E-state index contributed by atoms with van der Waals surface area (Å²) in [7, 11) is 0. The van der Waals surface area contributed by atoms with Crippen LogP contribution in [0.25, 0.3) is 0 Å². The molecule has 0 aliphatic heterocycles. The van der Waals surface area contributed by atoms with E-state index in [9.17, 15) is 14.7 Å². The SMILES string of the molecule is CSCC(C)(O)CNC(=O)CNC(=O)c1ccco1. The van der Waals surface area contributed by atoms with Gasteiger partial charge < -0.3 is 20.2 Å². The number of amides is 2. The second-order valence-electron chi connectivity index (χ2n) is 4.37. The molecule has 1 unspecified atom stereocenters. The number of aliphatic hydroxyl groups is 1. The van der Waals surface area contributed by atoms with Gasteiger partial charge in [0.05, 0.1) is 18.4 Å². The van der Waals surface area contributed by atoms with E-state index in [2.05, 4.69) is 10.6 Å². The molecule has 6 nitrogen and oxygen atoms in total. The van der Waals surface area contributed by atoms with Gasteiger partial charge in [-0.3, -0.25) is 9.59 Å². The number of carbonyl (C=O) groups excluding carboxylic acids is 2. The molecule has 7 heteroatoms. The molecule has 0 bridgehead atoms. The summed E-state index contributed by atoms with van der Waals surface area (Å²) >= 11 is 1.49. The van der Waals surface area contributed by atoms with E-state index in [1.54, 1.807) is 13.0 Å². The number of nitrogens with one attached hydrogen (secondary N) is 2. The van der Waals surface area contributed by atoms with Crippen molar-refractivity contribution >= 4 is 23.6 Å². The van der Waals surface area contributed by atoms with Gasteiger partial charge in [0.1, 0.15) is 0 Å². The van der Waals surface area contributed by atoms with Crippen LogP contribution in [0.15, 0.2) is 22.8 Å². The van der Waals surface area contributed by atoms with E-state index >= 15 is 0 Å². The van der Waals surface area contributed by atoms with Crippen LogP contribution >= 0.6 is 11.8 Å². The summed E-state index contributed by atoms with van der Waals surface area (Å²) in [5.74, 6) is -0.133. The lowest BCUT2D eigenvalue weighted by molar-refractivity contribution is -0.121. The zero-order valence-corrected chi connectivity index (χ0v) is 11.8. The number of hydrogen-bond acceptors (Lipinski definition) is 5. The third-order valence-electron chi connectivity index (χ3n) is 2.28. The fourth-order valence-electron chi connectivity index (χ4n) is 1.37. The lowest BCUT2D eigenvalue weighted by atomic mass is 10.1. The monoisotopic (exact) mass is 286 g/mol. The molecule has 0 saturated carbocycles. The fraction of sp³-hybridized carbons (Fsp3) is 0.500. The lowest BCUT2D eigenvalue weighted by Gasteiger charge is -2.22. The Bertz CT molecular complexity index is 417. The lowest BCUT2D eigenvalue weighted by Crippen LogP contribution is -2.45. The molecule has 0 saturated heterocycles. The van der Waals surface area contributed by atoms with Gasteiger partial charge in [-0.15, -0.1) is 0 Å². The number of rotatable bonds is 7. The Morgan fingerprint density at radius 2 is 2.21 bits per heavy atom. The summed E-state index contributed by atoms with van der Waals surface area (Å²) in [5.41, 5.74) is -0.958. The average Bonchev–Trinajstić information content (AvgIpc) is 2.87. The Kier molecular flexibility index (Phi) is 5.91. The van der Waals surface area contributed by atoms with Gasteiger partial charge in [0.15, 0.2) is 5.76 Å². The molecular formula is C12H18N2O4S. The van der Waals surface area contributed by atoms with Crippen molar-refractivity contribution in [2.24, 2.45) is 0 Å². The van der Waals surface area contributed by atoms with Crippen molar-refractivity contribution in [3.05, 3.63) is 24.2 Å². The molecular weight excluding hydrogens is 268 g/mol. The van der Waals surface area contributed by atoms with E-state index in [1.807, 2.05) is 6.26 Å². The van der Waals surface area contributed by atoms with Crippen LogP contribution in [-0.4, -0.2) is 47.6 Å². The summed E-state index contributed by atoms with van der Waals surface area (Å²) in [6, 6.07) is 3.10. The van der Waals surface area contributed by atoms with Gasteiger partial charge in [-0.25, -0.2) is 0 Å². The largest absolute Gasteiger partial charge is 0.459 e. The smallest absolute Gasteiger partial charge is 0.287 e. The van der Waals surface area contributed by atoms with Gasteiger partial charge in [-0.1, -0.05) is 0 Å². The molecule has 0 aliphatic rings. The summed E-state index contributed by atoms with van der Waals surface area (Å²) in [4.78, 5) is 23.0. The highest BCUT2D eigenvalue weighted by molar-refractivity contribution is 7.98. The first-order valence-electron chi connectivity index (χ1n) is 5.74. The zero-order chi connectivity index (χ0) is 14.3. The first-order chi connectivity index (χ1) is 8.94. The number of hydrogen-bond donors (Lipinski definition) is 3. The molecule has 19 heavy (non-hydrogen) atoms. The maximum Gasteiger partial charge on any atom is 0.287 e. The van der Waals surface area contributed by atoms with E-state index < -0.39 is 11.5 Å². The van der Waals surface area contributed by atoms with Gasteiger partial charge in [0.25, 0.3) is 5.91 Å². The predicted molar refractivity (Wildman–Crippen MR) is 73.1 cm³/mol. The summed E-state index contributed by atoms with van der Waals surface area (Å²) < 4.78 is 4.89. The minimum atomic E-state index is -0.958. The average molecular weight is 286 g/mol. The first-order valence-corrected chi connectivity index (χ1v) is 7.14. The van der Waals surface area contributed by atoms with Crippen LogP contribution < -0.4 is 10.6 Å². The highest BCUT2D eigenvalue weighted by Crippen LogP contribution is 2.08. The topological polar surface area (TPSA) is 91.6 Å². The van der Waals surface area contributed by atoms with Crippen molar-refractivity contribution < 1.29 is 19.1 Å². The second kappa shape index (κ2) is 7.20. The molecule has 0 radical (unpaired) electrons. The molecule has 3 N–H and O–H groups in total. The van der Waals surface area contributed by atoms with Crippen LogP contribution in [0.3, 0.4) is 0 Å². The molecule has 2 amide bonds. The molecule has 1 heterocycles. The van der Waals surface area contributed by atoms with Gasteiger partial charge in [0.2, 0.25) is 5.91 Å². The fourth-order valence-corrected chi connectivity index (χ4v) is 2.09. The van der Waals surface area contributed by atoms with E-state index in [-0.39, 0.29) is 24.8 Å². The predicted octanol–water partition coefficient (Wildman–Crippen LogP) is 0.240. The molecule has 0 fully saturated rings. The Balaban J connectivity index is 2.27.